The van der Waals surface area contributed by atoms with Gasteiger partial charge in [-0.3, -0.25) is 4.79 Å². The van der Waals surface area contributed by atoms with E-state index in [-0.39, 0.29) is 11.9 Å². The average Bonchev–Trinajstić information content (AvgIpc) is 3.08. The van der Waals surface area contributed by atoms with Crippen LogP contribution in [0.3, 0.4) is 0 Å². The second kappa shape index (κ2) is 8.71. The number of amides is 1. The normalized spacial score (nSPS) is 18.6. The molecule has 146 valence electrons. The molecule has 0 unspecified atom stereocenters. The van der Waals surface area contributed by atoms with Gasteiger partial charge in [-0.1, -0.05) is 17.7 Å². The van der Waals surface area contributed by atoms with Crippen molar-refractivity contribution in [3.8, 4) is 5.75 Å². The maximum atomic E-state index is 13.0. The number of ether oxygens (including phenoxy) is 1. The number of carbonyl (C=O) groups is 1. The smallest absolute Gasteiger partial charge is 0.264 e. The van der Waals surface area contributed by atoms with Gasteiger partial charge in [0.1, 0.15) is 11.8 Å². The monoisotopic (exact) mass is 392 g/mol. The minimum absolute atomic E-state index is 0.0907. The molecule has 0 spiro atoms. The van der Waals surface area contributed by atoms with Crippen LogP contribution in [0.5, 0.6) is 5.75 Å². The molecule has 1 aliphatic rings. The summed E-state index contributed by atoms with van der Waals surface area (Å²) < 4.78 is 11.6. The third-order valence-corrected chi connectivity index (χ3v) is 4.70. The van der Waals surface area contributed by atoms with Gasteiger partial charge in [-0.05, 0) is 58.5 Å². The molecular formula is C19H25ClN4O3. The molecule has 7 nitrogen and oxygen atoms in total. The van der Waals surface area contributed by atoms with Crippen LogP contribution in [0.15, 0.2) is 28.7 Å². The first-order valence-corrected chi connectivity index (χ1v) is 9.51. The van der Waals surface area contributed by atoms with Gasteiger partial charge in [0, 0.05) is 11.6 Å². The standard InChI is InChI=1S/C19H25ClN4O3/c1-13(26-15-8-6-7-14(20)11-15)19(25)24-10-5-4-9-16(24)18-22-21-17(27-18)12-23(2)3/h6-8,11,13,16H,4-5,9-10,12H2,1-3H3/t13-,16-/m0/s1. The van der Waals surface area contributed by atoms with E-state index in [4.69, 9.17) is 20.8 Å². The average molecular weight is 393 g/mol. The molecule has 8 heteroatoms. The molecule has 0 radical (unpaired) electrons. The number of halogens is 1. The summed E-state index contributed by atoms with van der Waals surface area (Å²) in [5.74, 6) is 1.53. The first-order valence-electron chi connectivity index (χ1n) is 9.13. The first-order chi connectivity index (χ1) is 12.9. The number of aromatic nitrogens is 2. The number of rotatable bonds is 6. The molecule has 1 amide bonds. The molecule has 0 N–H and O–H groups in total. The molecule has 1 aromatic carbocycles. The highest BCUT2D eigenvalue weighted by Gasteiger charge is 2.34. The summed E-state index contributed by atoms with van der Waals surface area (Å²) in [6, 6.07) is 6.84. The van der Waals surface area contributed by atoms with Crippen molar-refractivity contribution < 1.29 is 13.9 Å². The van der Waals surface area contributed by atoms with Gasteiger partial charge in [0.15, 0.2) is 6.10 Å². The number of nitrogens with zero attached hydrogens (tertiary/aromatic N) is 4. The minimum Gasteiger partial charge on any atom is -0.481 e. The number of hydrogen-bond donors (Lipinski definition) is 0. The summed E-state index contributed by atoms with van der Waals surface area (Å²) in [4.78, 5) is 16.8. The Balaban J connectivity index is 1.72. The van der Waals surface area contributed by atoms with Gasteiger partial charge in [-0.25, -0.2) is 0 Å². The van der Waals surface area contributed by atoms with E-state index < -0.39 is 6.10 Å². The van der Waals surface area contributed by atoms with E-state index in [9.17, 15) is 4.79 Å². The molecule has 27 heavy (non-hydrogen) atoms. The highest BCUT2D eigenvalue weighted by Crippen LogP contribution is 2.31. The van der Waals surface area contributed by atoms with Crippen molar-refractivity contribution in [3.05, 3.63) is 41.1 Å². The van der Waals surface area contributed by atoms with Gasteiger partial charge < -0.3 is 19.0 Å². The number of piperidine rings is 1. The molecule has 2 atom stereocenters. The van der Waals surface area contributed by atoms with Crippen molar-refractivity contribution in [1.29, 1.82) is 0 Å². The van der Waals surface area contributed by atoms with Crippen LogP contribution in [0.2, 0.25) is 5.02 Å². The molecule has 1 aromatic heterocycles. The molecule has 2 heterocycles. The van der Waals surface area contributed by atoms with Gasteiger partial charge in [-0.2, -0.15) is 0 Å². The van der Waals surface area contributed by atoms with E-state index in [1.807, 2.05) is 19.0 Å². The largest absolute Gasteiger partial charge is 0.481 e. The number of benzene rings is 1. The van der Waals surface area contributed by atoms with Crippen LogP contribution in [0.4, 0.5) is 0 Å². The van der Waals surface area contributed by atoms with Gasteiger partial charge >= 0.3 is 0 Å². The lowest BCUT2D eigenvalue weighted by Gasteiger charge is -2.35. The van der Waals surface area contributed by atoms with E-state index in [1.54, 1.807) is 36.1 Å². The Kier molecular flexibility index (Phi) is 6.34. The lowest BCUT2D eigenvalue weighted by molar-refractivity contribution is -0.142. The van der Waals surface area contributed by atoms with E-state index in [1.165, 1.54) is 0 Å². The van der Waals surface area contributed by atoms with E-state index in [0.717, 1.165) is 19.3 Å². The minimum atomic E-state index is -0.631. The maximum absolute atomic E-state index is 13.0. The highest BCUT2D eigenvalue weighted by molar-refractivity contribution is 6.30. The van der Waals surface area contributed by atoms with Gasteiger partial charge in [0.2, 0.25) is 11.8 Å². The lowest BCUT2D eigenvalue weighted by Crippen LogP contribution is -2.45. The topological polar surface area (TPSA) is 71.7 Å². The second-order valence-corrected chi connectivity index (χ2v) is 7.47. The van der Waals surface area contributed by atoms with Gasteiger partial charge in [0.05, 0.1) is 6.54 Å². The van der Waals surface area contributed by atoms with Crippen molar-refractivity contribution >= 4 is 17.5 Å². The molecule has 3 rings (SSSR count). The van der Waals surface area contributed by atoms with Crippen molar-refractivity contribution in [2.45, 2.75) is 44.9 Å². The van der Waals surface area contributed by atoms with Crippen molar-refractivity contribution in [2.75, 3.05) is 20.6 Å². The fraction of sp³-hybridized carbons (Fsp3) is 0.526. The van der Waals surface area contributed by atoms with E-state index >= 15 is 0 Å². The third-order valence-electron chi connectivity index (χ3n) is 4.46. The Morgan fingerprint density at radius 3 is 2.96 bits per heavy atom. The molecule has 0 saturated carbocycles. The number of likely N-dealkylation sites (tertiary alicyclic amines) is 1. The predicted molar refractivity (Wildman–Crippen MR) is 102 cm³/mol. The highest BCUT2D eigenvalue weighted by atomic mass is 35.5. The van der Waals surface area contributed by atoms with Crippen molar-refractivity contribution in [2.24, 2.45) is 0 Å². The quantitative estimate of drug-likeness (QED) is 0.751. The molecule has 0 aliphatic carbocycles. The second-order valence-electron chi connectivity index (χ2n) is 7.03. The number of hydrogen-bond acceptors (Lipinski definition) is 6. The van der Waals surface area contributed by atoms with Crippen LogP contribution in [0, 0.1) is 0 Å². The van der Waals surface area contributed by atoms with Crippen LogP contribution in [0.1, 0.15) is 44.0 Å². The Morgan fingerprint density at radius 2 is 2.22 bits per heavy atom. The third kappa shape index (κ3) is 4.99. The molecule has 1 fully saturated rings. The van der Waals surface area contributed by atoms with E-state index in [0.29, 0.717) is 35.6 Å². The molecule has 1 aliphatic heterocycles. The fourth-order valence-corrected chi connectivity index (χ4v) is 3.40. The van der Waals surface area contributed by atoms with Crippen LogP contribution < -0.4 is 4.74 Å². The lowest BCUT2D eigenvalue weighted by atomic mass is 10.0. The summed E-state index contributed by atoms with van der Waals surface area (Å²) in [7, 11) is 3.88. The Morgan fingerprint density at radius 1 is 1.41 bits per heavy atom. The maximum Gasteiger partial charge on any atom is 0.264 e. The van der Waals surface area contributed by atoms with Gasteiger partial charge in [-0.15, -0.1) is 10.2 Å². The van der Waals surface area contributed by atoms with Crippen LogP contribution >= 0.6 is 11.6 Å². The predicted octanol–water partition coefficient (Wildman–Crippen LogP) is 3.31. The first kappa shape index (κ1) is 19.6. The Hall–Kier alpha value is -2.12. The number of carbonyl (C=O) groups excluding carboxylic acids is 1. The Labute approximate surface area is 164 Å². The summed E-state index contributed by atoms with van der Waals surface area (Å²) >= 11 is 5.99. The fourth-order valence-electron chi connectivity index (χ4n) is 3.22. The van der Waals surface area contributed by atoms with Crippen LogP contribution in [0.25, 0.3) is 0 Å². The zero-order valence-electron chi connectivity index (χ0n) is 15.9. The van der Waals surface area contributed by atoms with Crippen molar-refractivity contribution in [1.82, 2.24) is 20.0 Å². The zero-order valence-corrected chi connectivity index (χ0v) is 16.6. The molecular weight excluding hydrogens is 368 g/mol. The zero-order chi connectivity index (χ0) is 19.4. The van der Waals surface area contributed by atoms with Crippen molar-refractivity contribution in [3.63, 3.8) is 0 Å². The summed E-state index contributed by atoms with van der Waals surface area (Å²) in [5, 5.41) is 8.86. The Bertz CT molecular complexity index is 780. The van der Waals surface area contributed by atoms with E-state index in [2.05, 4.69) is 10.2 Å². The van der Waals surface area contributed by atoms with Crippen LogP contribution in [-0.2, 0) is 11.3 Å². The van der Waals surface area contributed by atoms with Gasteiger partial charge in [0.25, 0.3) is 5.91 Å². The molecule has 1 saturated heterocycles. The summed E-state index contributed by atoms with van der Waals surface area (Å²) in [6.07, 6.45) is 2.14. The summed E-state index contributed by atoms with van der Waals surface area (Å²) in [5.41, 5.74) is 0. The summed E-state index contributed by atoms with van der Waals surface area (Å²) in [6.45, 7) is 2.97. The molecule has 0 bridgehead atoms. The SMILES string of the molecule is C[C@H](Oc1cccc(Cl)c1)C(=O)N1CCCC[C@H]1c1nnc(CN(C)C)o1. The molecule has 2 aromatic rings. The van der Waals surface area contributed by atoms with Crippen LogP contribution in [-0.4, -0.2) is 52.6 Å².